The van der Waals surface area contributed by atoms with Gasteiger partial charge in [0.25, 0.3) is 10.1 Å². The third-order valence-corrected chi connectivity index (χ3v) is 5.40. The molecule has 5 heteroatoms. The van der Waals surface area contributed by atoms with Crippen LogP contribution in [0.4, 0.5) is 0 Å². The van der Waals surface area contributed by atoms with Crippen LogP contribution in [0.15, 0.2) is 0 Å². The van der Waals surface area contributed by atoms with Crippen molar-refractivity contribution in [2.24, 2.45) is 0 Å². The zero-order chi connectivity index (χ0) is 16.1. The number of hydrogen-bond acceptors (Lipinski definition) is 3. The van der Waals surface area contributed by atoms with Crippen LogP contribution in [-0.4, -0.2) is 29.4 Å². The Morgan fingerprint density at radius 3 is 1.76 bits per heavy atom. The minimum absolute atomic E-state index is 0.154. The van der Waals surface area contributed by atoms with E-state index in [1.807, 2.05) is 13.8 Å². The van der Waals surface area contributed by atoms with Gasteiger partial charge in [-0.3, -0.25) is 4.55 Å². The molecule has 128 valence electrons. The van der Waals surface area contributed by atoms with Gasteiger partial charge in [-0.2, -0.15) is 8.42 Å². The van der Waals surface area contributed by atoms with Crippen molar-refractivity contribution < 1.29 is 18.1 Å². The second-order valence-corrected chi connectivity index (χ2v) is 7.74. The largest absolute Gasteiger partial charge is 0.393 e. The highest BCUT2D eigenvalue weighted by molar-refractivity contribution is 7.86. The predicted molar refractivity (Wildman–Crippen MR) is 88.1 cm³/mol. The van der Waals surface area contributed by atoms with Crippen molar-refractivity contribution in [2.75, 3.05) is 0 Å². The van der Waals surface area contributed by atoms with Gasteiger partial charge >= 0.3 is 0 Å². The van der Waals surface area contributed by atoms with Crippen molar-refractivity contribution >= 4 is 10.1 Å². The Morgan fingerprint density at radius 1 is 0.810 bits per heavy atom. The number of unbranched alkanes of at least 4 members (excludes halogenated alkanes) is 6. The summed E-state index contributed by atoms with van der Waals surface area (Å²) >= 11 is 0. The van der Waals surface area contributed by atoms with E-state index in [0.717, 1.165) is 64.2 Å². The van der Waals surface area contributed by atoms with Crippen molar-refractivity contribution in [3.8, 4) is 0 Å². The molecule has 0 fully saturated rings. The van der Waals surface area contributed by atoms with Crippen LogP contribution >= 0.6 is 0 Å². The van der Waals surface area contributed by atoms with Gasteiger partial charge in [0.05, 0.1) is 11.4 Å². The first kappa shape index (κ1) is 20.9. The van der Waals surface area contributed by atoms with Crippen molar-refractivity contribution in [3.63, 3.8) is 0 Å². The maximum Gasteiger partial charge on any atom is 0.267 e. The molecule has 0 aromatic heterocycles. The standard InChI is InChI=1S/C16H34O4S/c1-3-5-13-16(21(18,19)20)14-11-9-7-6-8-10-12-15(17)4-2/h15-17H,3-14H2,1-2H3,(H,18,19,20). The fraction of sp³-hybridized carbons (Fsp3) is 1.00. The number of rotatable bonds is 14. The summed E-state index contributed by atoms with van der Waals surface area (Å²) in [4.78, 5) is 0. The molecule has 0 aromatic carbocycles. The molecule has 0 radical (unpaired) electrons. The summed E-state index contributed by atoms with van der Waals surface area (Å²) in [5.74, 6) is 0. The van der Waals surface area contributed by atoms with E-state index in [9.17, 15) is 18.1 Å². The summed E-state index contributed by atoms with van der Waals surface area (Å²) in [7, 11) is -3.88. The summed E-state index contributed by atoms with van der Waals surface area (Å²) in [5, 5.41) is 8.85. The quantitative estimate of drug-likeness (QED) is 0.369. The van der Waals surface area contributed by atoms with E-state index in [1.54, 1.807) is 0 Å². The summed E-state index contributed by atoms with van der Waals surface area (Å²) in [5.41, 5.74) is 0. The Kier molecular flexibility index (Phi) is 12.3. The maximum atomic E-state index is 11.3. The second kappa shape index (κ2) is 12.4. The molecule has 0 bridgehead atoms. The van der Waals surface area contributed by atoms with Crippen LogP contribution in [0.1, 0.15) is 90.9 Å². The fourth-order valence-corrected chi connectivity index (χ4v) is 3.47. The summed E-state index contributed by atoms with van der Waals surface area (Å²) in [6.45, 7) is 4.02. The van der Waals surface area contributed by atoms with Crippen LogP contribution in [0, 0.1) is 0 Å². The number of aliphatic hydroxyl groups is 1. The van der Waals surface area contributed by atoms with Crippen LogP contribution < -0.4 is 0 Å². The van der Waals surface area contributed by atoms with Crippen LogP contribution in [0.3, 0.4) is 0 Å². The van der Waals surface area contributed by atoms with Gasteiger partial charge in [-0.15, -0.1) is 0 Å². The van der Waals surface area contributed by atoms with Crippen LogP contribution in [0.5, 0.6) is 0 Å². The fourth-order valence-electron chi connectivity index (χ4n) is 2.54. The molecule has 0 amide bonds. The van der Waals surface area contributed by atoms with Crippen LogP contribution in [0.2, 0.25) is 0 Å². The summed E-state index contributed by atoms with van der Waals surface area (Å²) in [6, 6.07) is 0. The molecular weight excluding hydrogens is 288 g/mol. The Bertz CT molecular complexity index is 327. The molecule has 0 saturated carbocycles. The predicted octanol–water partition coefficient (Wildman–Crippen LogP) is 4.32. The van der Waals surface area contributed by atoms with Gasteiger partial charge in [0.2, 0.25) is 0 Å². The maximum absolute atomic E-state index is 11.3. The van der Waals surface area contributed by atoms with E-state index in [0.29, 0.717) is 12.8 Å². The first-order chi connectivity index (χ1) is 9.91. The molecule has 0 aliphatic heterocycles. The van der Waals surface area contributed by atoms with Gasteiger partial charge in [-0.05, 0) is 25.7 Å². The van der Waals surface area contributed by atoms with E-state index in [4.69, 9.17) is 0 Å². The minimum atomic E-state index is -3.88. The monoisotopic (exact) mass is 322 g/mol. The topological polar surface area (TPSA) is 74.6 Å². The smallest absolute Gasteiger partial charge is 0.267 e. The van der Waals surface area contributed by atoms with Crippen molar-refractivity contribution in [3.05, 3.63) is 0 Å². The lowest BCUT2D eigenvalue weighted by atomic mass is 10.0. The molecule has 0 aliphatic carbocycles. The highest BCUT2D eigenvalue weighted by atomic mass is 32.2. The molecule has 2 N–H and O–H groups in total. The first-order valence-electron chi connectivity index (χ1n) is 8.56. The van der Waals surface area contributed by atoms with Crippen molar-refractivity contribution in [1.29, 1.82) is 0 Å². The summed E-state index contributed by atoms with van der Waals surface area (Å²) in [6.07, 6.45) is 10.9. The SMILES string of the molecule is CCCCC(CCCCCCCCC(O)CC)S(=O)(=O)O. The van der Waals surface area contributed by atoms with E-state index in [1.165, 1.54) is 0 Å². The van der Waals surface area contributed by atoms with E-state index < -0.39 is 15.4 Å². The third kappa shape index (κ3) is 12.1. The van der Waals surface area contributed by atoms with Crippen molar-refractivity contribution in [1.82, 2.24) is 0 Å². The first-order valence-corrected chi connectivity index (χ1v) is 10.1. The molecule has 0 spiro atoms. The van der Waals surface area contributed by atoms with Gasteiger partial charge in [-0.1, -0.05) is 65.2 Å². The number of hydrogen-bond donors (Lipinski definition) is 2. The van der Waals surface area contributed by atoms with E-state index in [-0.39, 0.29) is 6.10 Å². The highest BCUT2D eigenvalue weighted by Gasteiger charge is 2.21. The molecule has 0 aliphatic rings. The normalized spacial score (nSPS) is 15.0. The number of aliphatic hydroxyl groups excluding tert-OH is 1. The van der Waals surface area contributed by atoms with Gasteiger partial charge in [0.1, 0.15) is 0 Å². The molecule has 0 aromatic rings. The Labute approximate surface area is 131 Å². The van der Waals surface area contributed by atoms with Crippen LogP contribution in [0.25, 0.3) is 0 Å². The molecule has 0 heterocycles. The van der Waals surface area contributed by atoms with Gasteiger partial charge < -0.3 is 5.11 Å². The van der Waals surface area contributed by atoms with Crippen molar-refractivity contribution in [2.45, 2.75) is 102 Å². The Balaban J connectivity index is 3.63. The zero-order valence-corrected chi connectivity index (χ0v) is 14.6. The van der Waals surface area contributed by atoms with Gasteiger partial charge in [0.15, 0.2) is 0 Å². The van der Waals surface area contributed by atoms with Gasteiger partial charge in [0, 0.05) is 0 Å². The second-order valence-electron chi connectivity index (χ2n) is 6.04. The molecule has 0 saturated heterocycles. The lowest BCUT2D eigenvalue weighted by Gasteiger charge is -2.13. The molecular formula is C16H34O4S. The zero-order valence-electron chi connectivity index (χ0n) is 13.8. The molecule has 4 nitrogen and oxygen atoms in total. The lowest BCUT2D eigenvalue weighted by Crippen LogP contribution is -2.20. The summed E-state index contributed by atoms with van der Waals surface area (Å²) < 4.78 is 31.7. The molecule has 2 atom stereocenters. The van der Waals surface area contributed by atoms with E-state index >= 15 is 0 Å². The lowest BCUT2D eigenvalue weighted by molar-refractivity contribution is 0.156. The third-order valence-electron chi connectivity index (χ3n) is 4.09. The minimum Gasteiger partial charge on any atom is -0.393 e. The Hall–Kier alpha value is -0.130. The Morgan fingerprint density at radius 2 is 1.29 bits per heavy atom. The average Bonchev–Trinajstić information content (AvgIpc) is 2.43. The van der Waals surface area contributed by atoms with E-state index in [2.05, 4.69) is 0 Å². The van der Waals surface area contributed by atoms with Gasteiger partial charge in [-0.25, -0.2) is 0 Å². The molecule has 21 heavy (non-hydrogen) atoms. The molecule has 0 rings (SSSR count). The average molecular weight is 323 g/mol. The van der Waals surface area contributed by atoms with Crippen LogP contribution in [-0.2, 0) is 10.1 Å². The molecule has 2 unspecified atom stereocenters. The highest BCUT2D eigenvalue weighted by Crippen LogP contribution is 2.18.